The maximum atomic E-state index is 5.69. The van der Waals surface area contributed by atoms with Crippen LogP contribution in [0.25, 0.3) is 0 Å². The van der Waals surface area contributed by atoms with Crippen LogP contribution in [0.5, 0.6) is 0 Å². The Bertz CT molecular complexity index is 178. The normalized spacial score (nSPS) is 9.88. The van der Waals surface area contributed by atoms with Crippen LogP contribution in [0.2, 0.25) is 5.02 Å². The van der Waals surface area contributed by atoms with Gasteiger partial charge in [-0.05, 0) is 34.4 Å². The first-order chi connectivity index (χ1) is 3.72. The van der Waals surface area contributed by atoms with E-state index in [9.17, 15) is 0 Å². The Morgan fingerprint density at radius 3 is 2.50 bits per heavy atom. The van der Waals surface area contributed by atoms with Crippen molar-refractivity contribution in [3.8, 4) is 0 Å². The van der Waals surface area contributed by atoms with E-state index in [0.717, 1.165) is 14.5 Å². The van der Waals surface area contributed by atoms with Crippen molar-refractivity contribution in [1.82, 2.24) is 4.37 Å². The fourth-order valence-corrected chi connectivity index (χ4v) is 1.57. The van der Waals surface area contributed by atoms with E-state index in [-0.39, 0.29) is 0 Å². The van der Waals surface area contributed by atoms with E-state index in [1.807, 2.05) is 6.92 Å². The van der Waals surface area contributed by atoms with Gasteiger partial charge >= 0.3 is 0 Å². The molecule has 0 aliphatic carbocycles. The van der Waals surface area contributed by atoms with Crippen molar-refractivity contribution in [2.45, 2.75) is 6.92 Å². The Labute approximate surface area is 65.0 Å². The molecule has 0 aromatic carbocycles. The molecule has 4 heteroatoms. The number of hydrogen-bond donors (Lipinski definition) is 0. The predicted molar refractivity (Wildman–Crippen MR) is 39.6 cm³/mol. The molecule has 0 radical (unpaired) electrons. The van der Waals surface area contributed by atoms with Gasteiger partial charge in [0, 0.05) is 0 Å². The molecule has 0 atom stereocenters. The van der Waals surface area contributed by atoms with Crippen LogP contribution in [0.1, 0.15) is 5.69 Å². The molecule has 0 saturated carbocycles. The lowest BCUT2D eigenvalue weighted by molar-refractivity contribution is 1.34. The van der Waals surface area contributed by atoms with Crippen molar-refractivity contribution >= 4 is 39.1 Å². The summed E-state index contributed by atoms with van der Waals surface area (Å²) < 4.78 is 4.89. The second-order valence-electron chi connectivity index (χ2n) is 1.36. The molecule has 0 N–H and O–H groups in total. The van der Waals surface area contributed by atoms with E-state index >= 15 is 0 Å². The largest absolute Gasteiger partial charge is 0.195 e. The summed E-state index contributed by atoms with van der Waals surface area (Å²) in [6.45, 7) is 1.88. The van der Waals surface area contributed by atoms with E-state index in [0.29, 0.717) is 0 Å². The molecule has 0 aliphatic rings. The highest BCUT2D eigenvalue weighted by atomic mass is 79.9. The monoisotopic (exact) mass is 211 g/mol. The molecule has 1 aromatic rings. The zero-order valence-corrected chi connectivity index (χ0v) is 7.27. The second-order valence-corrected chi connectivity index (χ2v) is 3.82. The topological polar surface area (TPSA) is 12.9 Å². The minimum absolute atomic E-state index is 0.731. The lowest BCUT2D eigenvalue weighted by Gasteiger charge is -1.78. The fourth-order valence-electron chi connectivity index (χ4n) is 0.331. The summed E-state index contributed by atoms with van der Waals surface area (Å²) in [7, 11) is 0. The summed E-state index contributed by atoms with van der Waals surface area (Å²) in [5, 5.41) is 0.731. The highest BCUT2D eigenvalue weighted by Crippen LogP contribution is 2.28. The molecule has 1 aromatic heterocycles. The maximum absolute atomic E-state index is 5.69. The number of rotatable bonds is 0. The van der Waals surface area contributed by atoms with Gasteiger partial charge in [-0.25, -0.2) is 0 Å². The molecule has 0 saturated heterocycles. The quantitative estimate of drug-likeness (QED) is 0.644. The van der Waals surface area contributed by atoms with E-state index < -0.39 is 0 Å². The molecule has 0 amide bonds. The van der Waals surface area contributed by atoms with Crippen molar-refractivity contribution in [2.75, 3.05) is 0 Å². The van der Waals surface area contributed by atoms with E-state index in [4.69, 9.17) is 11.6 Å². The predicted octanol–water partition coefficient (Wildman–Crippen LogP) is 2.87. The van der Waals surface area contributed by atoms with Gasteiger partial charge in [-0.2, -0.15) is 4.37 Å². The van der Waals surface area contributed by atoms with Gasteiger partial charge in [0.1, 0.15) is 3.79 Å². The van der Waals surface area contributed by atoms with Crippen LogP contribution in [-0.4, -0.2) is 4.37 Å². The minimum atomic E-state index is 0.731. The van der Waals surface area contributed by atoms with Gasteiger partial charge in [0.05, 0.1) is 10.7 Å². The van der Waals surface area contributed by atoms with Crippen LogP contribution in [0, 0.1) is 6.92 Å². The number of aromatic nitrogens is 1. The third-order valence-corrected chi connectivity index (χ3v) is 3.12. The Morgan fingerprint density at radius 2 is 2.38 bits per heavy atom. The van der Waals surface area contributed by atoms with Crippen molar-refractivity contribution in [2.24, 2.45) is 0 Å². The molecule has 0 bridgehead atoms. The zero-order chi connectivity index (χ0) is 6.15. The van der Waals surface area contributed by atoms with Crippen molar-refractivity contribution in [3.63, 3.8) is 0 Å². The van der Waals surface area contributed by atoms with Crippen LogP contribution in [0.15, 0.2) is 3.79 Å². The number of halogens is 2. The molecular formula is C4H3BrClNS. The molecule has 0 spiro atoms. The Balaban J connectivity index is 3.19. The number of nitrogens with zero attached hydrogens (tertiary/aromatic N) is 1. The molecule has 1 nitrogen and oxygen atoms in total. The lowest BCUT2D eigenvalue weighted by atomic mass is 10.5. The van der Waals surface area contributed by atoms with Crippen LogP contribution in [-0.2, 0) is 0 Å². The first-order valence-corrected chi connectivity index (χ1v) is 3.93. The Morgan fingerprint density at radius 1 is 1.75 bits per heavy atom. The first-order valence-electron chi connectivity index (χ1n) is 1.99. The molecule has 0 unspecified atom stereocenters. The highest BCUT2D eigenvalue weighted by molar-refractivity contribution is 9.11. The van der Waals surface area contributed by atoms with Crippen molar-refractivity contribution in [3.05, 3.63) is 14.5 Å². The smallest absolute Gasteiger partial charge is 0.109 e. The number of hydrogen-bond acceptors (Lipinski definition) is 2. The Hall–Kier alpha value is 0.400. The third-order valence-electron chi connectivity index (χ3n) is 0.753. The van der Waals surface area contributed by atoms with Gasteiger partial charge in [-0.1, -0.05) is 11.6 Å². The van der Waals surface area contributed by atoms with Gasteiger partial charge in [0.2, 0.25) is 0 Å². The summed E-state index contributed by atoms with van der Waals surface area (Å²) in [6, 6.07) is 0. The van der Waals surface area contributed by atoms with E-state index in [1.165, 1.54) is 11.5 Å². The molecule has 8 heavy (non-hydrogen) atoms. The maximum Gasteiger partial charge on any atom is 0.109 e. The van der Waals surface area contributed by atoms with Crippen molar-refractivity contribution < 1.29 is 0 Å². The SMILES string of the molecule is Cc1nsc(Br)c1Cl. The van der Waals surface area contributed by atoms with Gasteiger partial charge in [0.25, 0.3) is 0 Å². The van der Waals surface area contributed by atoms with Gasteiger partial charge in [0.15, 0.2) is 0 Å². The molecule has 1 heterocycles. The second kappa shape index (κ2) is 2.33. The summed E-state index contributed by atoms with van der Waals surface area (Å²) >= 11 is 10.3. The lowest BCUT2D eigenvalue weighted by Crippen LogP contribution is -1.64. The number of aryl methyl sites for hydroxylation is 1. The van der Waals surface area contributed by atoms with E-state index in [1.54, 1.807) is 0 Å². The standard InChI is InChI=1S/C4H3BrClNS/c1-2-3(6)4(5)8-7-2/h1H3. The van der Waals surface area contributed by atoms with Crippen LogP contribution >= 0.6 is 39.1 Å². The van der Waals surface area contributed by atoms with Gasteiger partial charge in [-0.15, -0.1) is 0 Å². The van der Waals surface area contributed by atoms with Gasteiger partial charge < -0.3 is 0 Å². The Kier molecular flexibility index (Phi) is 1.90. The average Bonchev–Trinajstić information content (AvgIpc) is 1.98. The average molecular weight is 212 g/mol. The summed E-state index contributed by atoms with van der Waals surface area (Å²) in [5.74, 6) is 0. The molecule has 44 valence electrons. The zero-order valence-electron chi connectivity index (χ0n) is 4.11. The fraction of sp³-hybridized carbons (Fsp3) is 0.250. The summed E-state index contributed by atoms with van der Waals surface area (Å²) in [6.07, 6.45) is 0. The molecular weight excluding hydrogens is 209 g/mol. The third kappa shape index (κ3) is 1.04. The molecule has 0 aliphatic heterocycles. The minimum Gasteiger partial charge on any atom is -0.195 e. The van der Waals surface area contributed by atoms with Crippen LogP contribution < -0.4 is 0 Å². The summed E-state index contributed by atoms with van der Waals surface area (Å²) in [5.41, 5.74) is 0.892. The van der Waals surface area contributed by atoms with Crippen LogP contribution in [0.3, 0.4) is 0 Å². The molecule has 1 rings (SSSR count). The highest BCUT2D eigenvalue weighted by Gasteiger charge is 2.02. The van der Waals surface area contributed by atoms with Gasteiger partial charge in [-0.3, -0.25) is 0 Å². The first kappa shape index (κ1) is 6.52. The van der Waals surface area contributed by atoms with E-state index in [2.05, 4.69) is 20.3 Å². The van der Waals surface area contributed by atoms with Crippen LogP contribution in [0.4, 0.5) is 0 Å². The molecule has 0 fully saturated rings. The summed E-state index contributed by atoms with van der Waals surface area (Å²) in [4.78, 5) is 0. The van der Waals surface area contributed by atoms with Crippen molar-refractivity contribution in [1.29, 1.82) is 0 Å².